The maximum absolute atomic E-state index is 13.4. The highest BCUT2D eigenvalue weighted by atomic mass is 79.9. The Morgan fingerprint density at radius 3 is 2.47 bits per heavy atom. The minimum Gasteiger partial charge on any atom is -0.311 e. The fraction of sp³-hybridized carbons (Fsp3) is 0.0417. The number of carbonyl (C=O) groups excluding carboxylic acids is 1. The highest BCUT2D eigenvalue weighted by molar-refractivity contribution is 9.10. The normalized spacial score (nSPS) is 14.5. The summed E-state index contributed by atoms with van der Waals surface area (Å²) in [4.78, 5) is 32.7. The zero-order chi connectivity index (χ0) is 20.8. The molecule has 0 fully saturated rings. The molecule has 0 bridgehead atoms. The van der Waals surface area contributed by atoms with Crippen molar-refractivity contribution in [3.8, 4) is 5.69 Å². The molecule has 2 heterocycles. The Morgan fingerprint density at radius 1 is 0.933 bits per heavy atom. The van der Waals surface area contributed by atoms with Crippen molar-refractivity contribution in [1.29, 1.82) is 0 Å². The minimum atomic E-state index is -0.174. The summed E-state index contributed by atoms with van der Waals surface area (Å²) in [5.41, 5.74) is 3.24. The molecule has 0 atom stereocenters. The molecular weight excluding hydrogens is 442 g/mol. The van der Waals surface area contributed by atoms with Crippen LogP contribution in [0.2, 0.25) is 0 Å². The van der Waals surface area contributed by atoms with Crippen molar-refractivity contribution in [3.05, 3.63) is 99.0 Å². The van der Waals surface area contributed by atoms with Gasteiger partial charge < -0.3 is 4.90 Å². The number of likely N-dealkylation sites (N-methyl/N-ethyl adjacent to an activating group) is 1. The van der Waals surface area contributed by atoms with Gasteiger partial charge in [-0.2, -0.15) is 0 Å². The van der Waals surface area contributed by atoms with Crippen molar-refractivity contribution in [2.45, 2.75) is 0 Å². The second-order valence-corrected chi connectivity index (χ2v) is 7.96. The standard InChI is InChI=1S/C24H16BrN3O2/c1-27-21-12-11-15(25)13-18(21)19(23(27)29)14-22-26-20-10-6-5-9-17(20)24(30)28(22)16-7-3-2-4-8-16/h2-14H,1H3. The average molecular weight is 458 g/mol. The number of anilines is 1. The van der Waals surface area contributed by atoms with Gasteiger partial charge in [-0.3, -0.25) is 14.2 Å². The van der Waals surface area contributed by atoms with Crippen molar-refractivity contribution in [2.24, 2.45) is 0 Å². The number of hydrogen-bond donors (Lipinski definition) is 0. The number of amides is 1. The molecule has 1 aliphatic rings. The smallest absolute Gasteiger partial charge is 0.266 e. The number of nitrogens with zero attached hydrogens (tertiary/aromatic N) is 3. The molecule has 5 nitrogen and oxygen atoms in total. The second kappa shape index (κ2) is 7.07. The van der Waals surface area contributed by atoms with E-state index in [1.165, 1.54) is 0 Å². The molecule has 0 saturated carbocycles. The first-order valence-electron chi connectivity index (χ1n) is 9.41. The van der Waals surface area contributed by atoms with Crippen LogP contribution < -0.4 is 10.5 Å². The van der Waals surface area contributed by atoms with Crippen LogP contribution in [0.1, 0.15) is 11.4 Å². The maximum Gasteiger partial charge on any atom is 0.266 e. The van der Waals surface area contributed by atoms with E-state index in [0.29, 0.717) is 28.0 Å². The van der Waals surface area contributed by atoms with E-state index in [2.05, 4.69) is 15.9 Å². The highest BCUT2D eigenvalue weighted by Crippen LogP contribution is 2.38. The van der Waals surface area contributed by atoms with E-state index in [0.717, 1.165) is 15.7 Å². The first-order chi connectivity index (χ1) is 14.5. The zero-order valence-corrected chi connectivity index (χ0v) is 17.6. The minimum absolute atomic E-state index is 0.134. The Balaban J connectivity index is 1.83. The van der Waals surface area contributed by atoms with Crippen molar-refractivity contribution in [1.82, 2.24) is 9.55 Å². The van der Waals surface area contributed by atoms with Crippen LogP contribution in [0.25, 0.3) is 28.2 Å². The SMILES string of the molecule is CN1C(=O)C(=Cc2nc3ccccc3c(=O)n2-c2ccccc2)c2cc(Br)ccc21. The molecule has 0 unspecified atom stereocenters. The van der Waals surface area contributed by atoms with Gasteiger partial charge in [-0.1, -0.05) is 46.3 Å². The number of hydrogen-bond acceptors (Lipinski definition) is 3. The first kappa shape index (κ1) is 18.5. The number of rotatable bonds is 2. The summed E-state index contributed by atoms with van der Waals surface area (Å²) in [6.45, 7) is 0. The van der Waals surface area contributed by atoms with Crippen molar-refractivity contribution in [2.75, 3.05) is 11.9 Å². The highest BCUT2D eigenvalue weighted by Gasteiger charge is 2.30. The average Bonchev–Trinajstić information content (AvgIpc) is 2.99. The van der Waals surface area contributed by atoms with Crippen LogP contribution in [0.3, 0.4) is 0 Å². The Bertz CT molecular complexity index is 1410. The van der Waals surface area contributed by atoms with Crippen molar-refractivity contribution >= 4 is 50.1 Å². The molecule has 0 radical (unpaired) electrons. The van der Waals surface area contributed by atoms with Crippen molar-refractivity contribution in [3.63, 3.8) is 0 Å². The van der Waals surface area contributed by atoms with E-state index in [1.807, 2.05) is 60.7 Å². The molecule has 1 aromatic heterocycles. The van der Waals surface area contributed by atoms with Gasteiger partial charge in [0, 0.05) is 17.1 Å². The summed E-state index contributed by atoms with van der Waals surface area (Å²) in [5, 5.41) is 0.529. The van der Waals surface area contributed by atoms with Crippen molar-refractivity contribution < 1.29 is 4.79 Å². The quantitative estimate of drug-likeness (QED) is 0.411. The third kappa shape index (κ3) is 2.88. The van der Waals surface area contributed by atoms with Crippen LogP contribution in [0.5, 0.6) is 0 Å². The lowest BCUT2D eigenvalue weighted by Gasteiger charge is -2.12. The molecular formula is C24H16BrN3O2. The van der Waals surface area contributed by atoms with E-state index in [4.69, 9.17) is 4.98 Å². The van der Waals surface area contributed by atoms with E-state index in [9.17, 15) is 9.59 Å². The van der Waals surface area contributed by atoms with Crippen LogP contribution >= 0.6 is 15.9 Å². The number of aromatic nitrogens is 2. The van der Waals surface area contributed by atoms with Crippen LogP contribution in [0.15, 0.2) is 82.1 Å². The predicted octanol–water partition coefficient (Wildman–Crippen LogP) is 4.67. The summed E-state index contributed by atoms with van der Waals surface area (Å²) in [5.74, 6) is 0.277. The lowest BCUT2D eigenvalue weighted by molar-refractivity contribution is -0.112. The van der Waals surface area contributed by atoms with E-state index in [1.54, 1.807) is 34.7 Å². The van der Waals surface area contributed by atoms with Crippen LogP contribution in [0.4, 0.5) is 5.69 Å². The monoisotopic (exact) mass is 457 g/mol. The second-order valence-electron chi connectivity index (χ2n) is 7.05. The third-order valence-corrected chi connectivity index (χ3v) is 5.73. The Hall–Kier alpha value is -3.51. The Morgan fingerprint density at radius 2 is 1.67 bits per heavy atom. The molecule has 146 valence electrons. The van der Waals surface area contributed by atoms with Gasteiger partial charge in [0.15, 0.2) is 0 Å². The van der Waals surface area contributed by atoms with Crippen LogP contribution in [0, 0.1) is 0 Å². The summed E-state index contributed by atoms with van der Waals surface area (Å²) < 4.78 is 2.43. The molecule has 0 N–H and O–H groups in total. The van der Waals surface area contributed by atoms with Gasteiger partial charge >= 0.3 is 0 Å². The lowest BCUT2D eigenvalue weighted by Crippen LogP contribution is -2.23. The van der Waals surface area contributed by atoms with Crippen LogP contribution in [-0.4, -0.2) is 22.5 Å². The molecule has 1 amide bonds. The van der Waals surface area contributed by atoms with Gasteiger partial charge in [0.2, 0.25) is 0 Å². The van der Waals surface area contributed by atoms with E-state index >= 15 is 0 Å². The fourth-order valence-electron chi connectivity index (χ4n) is 3.76. The molecule has 0 aliphatic carbocycles. The first-order valence-corrected chi connectivity index (χ1v) is 10.2. The maximum atomic E-state index is 13.4. The molecule has 1 aliphatic heterocycles. The fourth-order valence-corrected chi connectivity index (χ4v) is 4.12. The molecule has 4 aromatic rings. The third-order valence-electron chi connectivity index (χ3n) is 5.23. The van der Waals surface area contributed by atoms with Gasteiger partial charge in [0.05, 0.1) is 27.9 Å². The molecule has 5 rings (SSSR count). The lowest BCUT2D eigenvalue weighted by atomic mass is 10.1. The molecule has 0 spiro atoms. The van der Waals surface area contributed by atoms with Gasteiger partial charge in [0.25, 0.3) is 11.5 Å². The summed E-state index contributed by atoms with van der Waals surface area (Å²) >= 11 is 3.49. The molecule has 6 heteroatoms. The Kier molecular flexibility index (Phi) is 4.37. The summed E-state index contributed by atoms with van der Waals surface area (Å²) in [6.07, 6.45) is 1.71. The summed E-state index contributed by atoms with van der Waals surface area (Å²) in [6, 6.07) is 22.3. The number of halogens is 1. The molecule has 30 heavy (non-hydrogen) atoms. The van der Waals surface area contributed by atoms with Gasteiger partial charge in [-0.25, -0.2) is 4.98 Å². The van der Waals surface area contributed by atoms with Gasteiger partial charge in [-0.15, -0.1) is 0 Å². The number of fused-ring (bicyclic) bond motifs is 2. The van der Waals surface area contributed by atoms with Crippen LogP contribution in [-0.2, 0) is 4.79 Å². The number of benzene rings is 3. The Labute approximate surface area is 181 Å². The van der Waals surface area contributed by atoms with E-state index in [-0.39, 0.29) is 11.5 Å². The number of para-hydroxylation sites is 2. The topological polar surface area (TPSA) is 55.2 Å². The zero-order valence-electron chi connectivity index (χ0n) is 16.0. The molecule has 0 saturated heterocycles. The van der Waals surface area contributed by atoms with E-state index < -0.39 is 0 Å². The largest absolute Gasteiger partial charge is 0.311 e. The van der Waals surface area contributed by atoms with Gasteiger partial charge in [0.1, 0.15) is 5.82 Å². The summed E-state index contributed by atoms with van der Waals surface area (Å²) in [7, 11) is 1.74. The molecule has 3 aromatic carbocycles. The van der Waals surface area contributed by atoms with Gasteiger partial charge in [-0.05, 0) is 48.5 Å². The number of carbonyl (C=O) groups is 1. The predicted molar refractivity (Wildman–Crippen MR) is 123 cm³/mol.